The van der Waals surface area contributed by atoms with Gasteiger partial charge in [-0.1, -0.05) is 0 Å². The SMILES string of the molecule is CN(C)c1ccc(-c2nnc(-c3ccc([N+](=O)[O-])cc3[N+](=O)[O-])o2)cc1. The topological polar surface area (TPSA) is 128 Å². The number of nitrogens with zero attached hydrogens (tertiary/aromatic N) is 5. The Morgan fingerprint density at radius 3 is 2.15 bits per heavy atom. The van der Waals surface area contributed by atoms with Gasteiger partial charge in [0.2, 0.25) is 5.89 Å². The van der Waals surface area contributed by atoms with Crippen molar-refractivity contribution in [1.82, 2.24) is 10.2 Å². The summed E-state index contributed by atoms with van der Waals surface area (Å²) in [5.41, 5.74) is 0.791. The Labute approximate surface area is 147 Å². The van der Waals surface area contributed by atoms with Crippen LogP contribution >= 0.6 is 0 Å². The first kappa shape index (κ1) is 17.0. The van der Waals surface area contributed by atoms with Gasteiger partial charge >= 0.3 is 0 Å². The molecule has 0 spiro atoms. The normalized spacial score (nSPS) is 10.5. The van der Waals surface area contributed by atoms with Gasteiger partial charge in [0.25, 0.3) is 17.3 Å². The van der Waals surface area contributed by atoms with Crippen molar-refractivity contribution in [1.29, 1.82) is 0 Å². The van der Waals surface area contributed by atoms with Crippen LogP contribution in [0.25, 0.3) is 22.9 Å². The summed E-state index contributed by atoms with van der Waals surface area (Å²) in [5.74, 6) is 0.108. The van der Waals surface area contributed by atoms with E-state index in [1.807, 2.05) is 31.1 Å². The molecule has 0 atom stereocenters. The lowest BCUT2D eigenvalue weighted by molar-refractivity contribution is -0.393. The minimum Gasteiger partial charge on any atom is -0.416 e. The van der Waals surface area contributed by atoms with E-state index in [2.05, 4.69) is 10.2 Å². The van der Waals surface area contributed by atoms with Crippen LogP contribution in [0.15, 0.2) is 46.9 Å². The second-order valence-corrected chi connectivity index (χ2v) is 5.57. The molecule has 0 fully saturated rings. The third kappa shape index (κ3) is 3.20. The van der Waals surface area contributed by atoms with E-state index in [4.69, 9.17) is 4.42 Å². The largest absolute Gasteiger partial charge is 0.416 e. The van der Waals surface area contributed by atoms with Gasteiger partial charge in [-0.15, -0.1) is 10.2 Å². The number of hydrogen-bond donors (Lipinski definition) is 0. The van der Waals surface area contributed by atoms with Crippen molar-refractivity contribution in [2.45, 2.75) is 0 Å². The quantitative estimate of drug-likeness (QED) is 0.503. The molecule has 0 N–H and O–H groups in total. The van der Waals surface area contributed by atoms with Crippen LogP contribution in [0.1, 0.15) is 0 Å². The van der Waals surface area contributed by atoms with Crippen molar-refractivity contribution >= 4 is 17.1 Å². The number of hydrogen-bond acceptors (Lipinski definition) is 8. The average molecular weight is 355 g/mol. The molecule has 0 radical (unpaired) electrons. The molecule has 1 aromatic heterocycles. The summed E-state index contributed by atoms with van der Waals surface area (Å²) in [4.78, 5) is 22.6. The van der Waals surface area contributed by atoms with Crippen LogP contribution in [-0.4, -0.2) is 34.1 Å². The summed E-state index contributed by atoms with van der Waals surface area (Å²) in [6.45, 7) is 0. The highest BCUT2D eigenvalue weighted by Crippen LogP contribution is 2.33. The molecule has 0 bridgehead atoms. The number of anilines is 1. The molecule has 0 aliphatic carbocycles. The van der Waals surface area contributed by atoms with Crippen LogP contribution in [0.5, 0.6) is 0 Å². The Morgan fingerprint density at radius 2 is 1.58 bits per heavy atom. The summed E-state index contributed by atoms with van der Waals surface area (Å²) in [7, 11) is 3.82. The molecule has 0 unspecified atom stereocenters. The van der Waals surface area contributed by atoms with Gasteiger partial charge in [-0.2, -0.15) is 0 Å². The lowest BCUT2D eigenvalue weighted by atomic mass is 10.1. The van der Waals surface area contributed by atoms with Gasteiger partial charge in [0.1, 0.15) is 5.56 Å². The summed E-state index contributed by atoms with van der Waals surface area (Å²) >= 11 is 0. The van der Waals surface area contributed by atoms with E-state index in [0.717, 1.165) is 17.8 Å². The highest BCUT2D eigenvalue weighted by atomic mass is 16.6. The number of benzene rings is 2. The molecule has 0 aliphatic rings. The second kappa shape index (κ2) is 6.59. The lowest BCUT2D eigenvalue weighted by Crippen LogP contribution is -2.07. The zero-order valence-corrected chi connectivity index (χ0v) is 13.8. The Balaban J connectivity index is 1.99. The lowest BCUT2D eigenvalue weighted by Gasteiger charge is -2.11. The van der Waals surface area contributed by atoms with Crippen molar-refractivity contribution in [2.75, 3.05) is 19.0 Å². The molecular formula is C16H13N5O5. The first-order chi connectivity index (χ1) is 12.4. The van der Waals surface area contributed by atoms with Crippen LogP contribution in [-0.2, 0) is 0 Å². The molecule has 3 rings (SSSR count). The first-order valence-electron chi connectivity index (χ1n) is 7.41. The molecule has 0 saturated heterocycles. The van der Waals surface area contributed by atoms with Crippen LogP contribution in [0, 0.1) is 20.2 Å². The highest BCUT2D eigenvalue weighted by molar-refractivity contribution is 5.70. The van der Waals surface area contributed by atoms with Crippen molar-refractivity contribution in [3.05, 3.63) is 62.7 Å². The fourth-order valence-electron chi connectivity index (χ4n) is 2.32. The smallest absolute Gasteiger partial charge is 0.288 e. The Hall–Kier alpha value is -3.82. The molecule has 0 aliphatic heterocycles. The molecule has 1 heterocycles. The number of nitro benzene ring substituents is 2. The van der Waals surface area contributed by atoms with Gasteiger partial charge in [0, 0.05) is 31.4 Å². The molecule has 2 aromatic carbocycles. The predicted molar refractivity (Wildman–Crippen MR) is 92.8 cm³/mol. The molecule has 10 nitrogen and oxygen atoms in total. The standard InChI is InChI=1S/C16H13N5O5/c1-19(2)11-5-3-10(4-6-11)15-17-18-16(26-15)13-8-7-12(20(22)23)9-14(13)21(24)25/h3-9H,1-2H3. The van der Waals surface area contributed by atoms with Crippen LogP contribution in [0.3, 0.4) is 0 Å². The zero-order chi connectivity index (χ0) is 18.8. The van der Waals surface area contributed by atoms with Crippen molar-refractivity contribution in [2.24, 2.45) is 0 Å². The Bertz CT molecular complexity index is 981. The van der Waals surface area contributed by atoms with Gasteiger partial charge in [0.05, 0.1) is 15.9 Å². The summed E-state index contributed by atoms with van der Waals surface area (Å²) < 4.78 is 5.54. The Kier molecular flexibility index (Phi) is 4.31. The second-order valence-electron chi connectivity index (χ2n) is 5.57. The molecule has 0 amide bonds. The molecule has 132 valence electrons. The van der Waals surface area contributed by atoms with Crippen molar-refractivity contribution in [3.8, 4) is 22.9 Å². The molecule has 0 saturated carbocycles. The maximum atomic E-state index is 11.2. The maximum absolute atomic E-state index is 11.2. The van der Waals surface area contributed by atoms with Crippen LogP contribution in [0.4, 0.5) is 17.1 Å². The molecule has 10 heteroatoms. The third-order valence-electron chi connectivity index (χ3n) is 3.67. The van der Waals surface area contributed by atoms with E-state index in [1.54, 1.807) is 12.1 Å². The van der Waals surface area contributed by atoms with E-state index in [-0.39, 0.29) is 23.0 Å². The number of rotatable bonds is 5. The summed E-state index contributed by atoms with van der Waals surface area (Å²) in [6, 6.07) is 10.6. The molecule has 3 aromatic rings. The molecule has 26 heavy (non-hydrogen) atoms. The average Bonchev–Trinajstić information content (AvgIpc) is 3.11. The highest BCUT2D eigenvalue weighted by Gasteiger charge is 2.24. The number of nitro groups is 2. The maximum Gasteiger partial charge on any atom is 0.288 e. The van der Waals surface area contributed by atoms with Gasteiger partial charge in [-0.05, 0) is 30.3 Å². The first-order valence-corrected chi connectivity index (χ1v) is 7.41. The minimum atomic E-state index is -0.724. The molecular weight excluding hydrogens is 342 g/mol. The summed E-state index contributed by atoms with van der Waals surface area (Å²) in [6.07, 6.45) is 0. The van der Waals surface area contributed by atoms with E-state index >= 15 is 0 Å². The van der Waals surface area contributed by atoms with Gasteiger partial charge in [0.15, 0.2) is 0 Å². The van der Waals surface area contributed by atoms with E-state index < -0.39 is 15.5 Å². The monoisotopic (exact) mass is 355 g/mol. The van der Waals surface area contributed by atoms with Gasteiger partial charge in [-0.25, -0.2) is 0 Å². The van der Waals surface area contributed by atoms with Gasteiger partial charge < -0.3 is 9.32 Å². The van der Waals surface area contributed by atoms with Crippen molar-refractivity contribution < 1.29 is 14.3 Å². The zero-order valence-electron chi connectivity index (χ0n) is 13.8. The number of non-ortho nitro benzene ring substituents is 1. The van der Waals surface area contributed by atoms with Crippen LogP contribution in [0.2, 0.25) is 0 Å². The fourth-order valence-corrected chi connectivity index (χ4v) is 2.32. The van der Waals surface area contributed by atoms with Crippen molar-refractivity contribution in [3.63, 3.8) is 0 Å². The Morgan fingerprint density at radius 1 is 0.923 bits per heavy atom. The van der Waals surface area contributed by atoms with Crippen LogP contribution < -0.4 is 4.90 Å². The van der Waals surface area contributed by atoms with E-state index in [0.29, 0.717) is 5.56 Å². The van der Waals surface area contributed by atoms with E-state index in [9.17, 15) is 20.2 Å². The van der Waals surface area contributed by atoms with E-state index in [1.165, 1.54) is 6.07 Å². The third-order valence-corrected chi connectivity index (χ3v) is 3.67. The predicted octanol–water partition coefficient (Wildman–Crippen LogP) is 3.29. The van der Waals surface area contributed by atoms with Gasteiger partial charge in [-0.3, -0.25) is 20.2 Å². The summed E-state index contributed by atoms with van der Waals surface area (Å²) in [5, 5.41) is 29.8. The number of aromatic nitrogens is 2. The minimum absolute atomic E-state index is 0.0178. The fraction of sp³-hybridized carbons (Fsp3) is 0.125.